The minimum absolute atomic E-state index is 0.321. The molecule has 6 nitrogen and oxygen atoms in total. The van der Waals surface area contributed by atoms with E-state index >= 15 is 0 Å². The Balaban J connectivity index is 1.99. The van der Waals surface area contributed by atoms with Crippen molar-refractivity contribution >= 4 is 49.5 Å². The van der Waals surface area contributed by atoms with Crippen LogP contribution in [0.25, 0.3) is 0 Å². The summed E-state index contributed by atoms with van der Waals surface area (Å²) in [5, 5.41) is 0. The summed E-state index contributed by atoms with van der Waals surface area (Å²) in [5.74, 6) is -1.05. The first-order chi connectivity index (χ1) is 16.5. The van der Waals surface area contributed by atoms with Gasteiger partial charge in [-0.2, -0.15) is 0 Å². The predicted octanol–water partition coefficient (Wildman–Crippen LogP) is 2.73. The summed E-state index contributed by atoms with van der Waals surface area (Å²) in [5.41, 5.74) is 1.51. The van der Waals surface area contributed by atoms with E-state index in [9.17, 15) is 14.4 Å². The fourth-order valence-corrected chi connectivity index (χ4v) is 12.0. The average molecular weight is 656 g/mol. The number of benzene rings is 3. The number of hydrogen-bond acceptors (Lipinski definition) is 6. The Morgan fingerprint density at radius 1 is 0.500 bits per heavy atom. The zero-order chi connectivity index (χ0) is 24.5. The molecule has 0 aliphatic carbocycles. The van der Waals surface area contributed by atoms with Crippen molar-refractivity contribution in [1.82, 2.24) is 0 Å². The quantitative estimate of drug-likeness (QED) is 0.201. The second-order valence-electron chi connectivity index (χ2n) is 7.14. The molecule has 0 unspecified atom stereocenters. The first kappa shape index (κ1) is 25.6. The van der Waals surface area contributed by atoms with Gasteiger partial charge in [-0.15, -0.1) is 0 Å². The third-order valence-corrected chi connectivity index (χ3v) is 14.4. The molecule has 0 spiro atoms. The first-order valence-electron chi connectivity index (χ1n) is 11.1. The van der Waals surface area contributed by atoms with Crippen molar-refractivity contribution in [3.05, 3.63) is 89.5 Å². The Morgan fingerprint density at radius 2 is 0.735 bits per heavy atom. The summed E-state index contributed by atoms with van der Waals surface area (Å²) < 4.78 is 18.7. The van der Waals surface area contributed by atoms with E-state index in [-0.39, 0.29) is 17.9 Å². The van der Waals surface area contributed by atoms with Crippen molar-refractivity contribution in [3.63, 3.8) is 0 Å². The van der Waals surface area contributed by atoms with Crippen molar-refractivity contribution in [3.8, 4) is 0 Å². The summed E-state index contributed by atoms with van der Waals surface area (Å²) in [6, 6.07) is 22.6. The Bertz CT molecular complexity index is 975. The molecule has 7 heteroatoms. The maximum atomic E-state index is 12.1. The number of ether oxygens (including phenoxy) is 3. The van der Waals surface area contributed by atoms with Crippen LogP contribution in [0.2, 0.25) is 0 Å². The molecule has 0 atom stereocenters. The molecule has 0 aliphatic heterocycles. The summed E-state index contributed by atoms with van der Waals surface area (Å²) >= 11 is -2.80. The zero-order valence-corrected chi connectivity index (χ0v) is 22.9. The molecule has 0 N–H and O–H groups in total. The van der Waals surface area contributed by atoms with Crippen LogP contribution in [0.4, 0.5) is 0 Å². The molecule has 0 fully saturated rings. The fraction of sp³-hybridized carbons (Fsp3) is 0.222. The van der Waals surface area contributed by atoms with Crippen molar-refractivity contribution < 1.29 is 28.6 Å². The van der Waals surface area contributed by atoms with Crippen molar-refractivity contribution in [2.24, 2.45) is 0 Å². The van der Waals surface area contributed by atoms with Gasteiger partial charge in [0.2, 0.25) is 0 Å². The van der Waals surface area contributed by atoms with Gasteiger partial charge in [-0.3, -0.25) is 0 Å². The second-order valence-corrected chi connectivity index (χ2v) is 15.8. The van der Waals surface area contributed by atoms with Crippen molar-refractivity contribution in [1.29, 1.82) is 0 Å². The van der Waals surface area contributed by atoms with Crippen LogP contribution in [0.5, 0.6) is 0 Å². The standard InChI is InChI=1S/3C9H9O2.Bi/c3*1-2-11-9(10)8-6-4-3-5-7-8;/h3*4-7H,2H2,1H3;. The van der Waals surface area contributed by atoms with Gasteiger partial charge in [0.15, 0.2) is 0 Å². The topological polar surface area (TPSA) is 78.9 Å². The molecule has 3 rings (SSSR count). The minimum atomic E-state index is -2.80. The van der Waals surface area contributed by atoms with Crippen LogP contribution < -0.4 is 9.81 Å². The summed E-state index contributed by atoms with van der Waals surface area (Å²) in [6.07, 6.45) is 0. The molecule has 0 aromatic heterocycles. The average Bonchev–Trinajstić information content (AvgIpc) is 2.86. The van der Waals surface area contributed by atoms with Gasteiger partial charge in [0.25, 0.3) is 0 Å². The molecule has 0 bridgehead atoms. The summed E-state index contributed by atoms with van der Waals surface area (Å²) in [7, 11) is 0. The SMILES string of the molecule is CCOC(=O)c1cc[c]([Bi]([c]2ccc(C(=O)OCC)cc2)[c]2ccc(C(=O)OCC)cc2)cc1. The van der Waals surface area contributed by atoms with Gasteiger partial charge in [0.05, 0.1) is 0 Å². The van der Waals surface area contributed by atoms with Crippen LogP contribution in [0.3, 0.4) is 0 Å². The molecule has 0 aliphatic rings. The second kappa shape index (κ2) is 12.4. The van der Waals surface area contributed by atoms with Gasteiger partial charge < -0.3 is 0 Å². The summed E-state index contributed by atoms with van der Waals surface area (Å²) in [6.45, 7) is 6.29. The van der Waals surface area contributed by atoms with Gasteiger partial charge in [0, 0.05) is 0 Å². The third kappa shape index (κ3) is 6.29. The van der Waals surface area contributed by atoms with Crippen molar-refractivity contribution in [2.45, 2.75) is 20.8 Å². The van der Waals surface area contributed by atoms with Gasteiger partial charge in [-0.25, -0.2) is 0 Å². The van der Waals surface area contributed by atoms with Gasteiger partial charge in [-0.1, -0.05) is 0 Å². The Labute approximate surface area is 207 Å². The third-order valence-electron chi connectivity index (χ3n) is 4.91. The number of carbonyl (C=O) groups excluding carboxylic acids is 3. The van der Waals surface area contributed by atoms with Crippen LogP contribution in [0.15, 0.2) is 72.8 Å². The van der Waals surface area contributed by atoms with Crippen molar-refractivity contribution in [2.75, 3.05) is 19.8 Å². The van der Waals surface area contributed by atoms with E-state index in [0.29, 0.717) is 36.5 Å². The van der Waals surface area contributed by atoms with Gasteiger partial charge >= 0.3 is 208 Å². The Morgan fingerprint density at radius 3 is 0.941 bits per heavy atom. The fourth-order valence-electron chi connectivity index (χ4n) is 3.33. The van der Waals surface area contributed by atoms with E-state index in [2.05, 4.69) is 0 Å². The molecule has 3 aromatic rings. The Hall–Kier alpha value is -3.05. The normalized spacial score (nSPS) is 10.6. The number of esters is 3. The van der Waals surface area contributed by atoms with E-state index < -0.39 is 21.8 Å². The van der Waals surface area contributed by atoms with Crippen LogP contribution in [0, 0.1) is 0 Å². The van der Waals surface area contributed by atoms with E-state index in [1.165, 1.54) is 0 Å². The molecule has 3 aromatic carbocycles. The van der Waals surface area contributed by atoms with Gasteiger partial charge in [-0.05, 0) is 0 Å². The molecule has 176 valence electrons. The molecule has 0 saturated heterocycles. The predicted molar refractivity (Wildman–Crippen MR) is 132 cm³/mol. The number of hydrogen-bond donors (Lipinski definition) is 0. The van der Waals surface area contributed by atoms with Crippen LogP contribution in [-0.2, 0) is 14.2 Å². The first-order valence-corrected chi connectivity index (χ1v) is 16.3. The molecule has 0 radical (unpaired) electrons. The number of rotatable bonds is 9. The molecule has 0 amide bonds. The van der Waals surface area contributed by atoms with E-state index in [1.807, 2.05) is 36.4 Å². The van der Waals surface area contributed by atoms with E-state index in [0.717, 1.165) is 9.81 Å². The molecule has 34 heavy (non-hydrogen) atoms. The number of carbonyl (C=O) groups is 3. The zero-order valence-electron chi connectivity index (χ0n) is 19.4. The van der Waals surface area contributed by atoms with Crippen LogP contribution >= 0.6 is 0 Å². The van der Waals surface area contributed by atoms with E-state index in [4.69, 9.17) is 14.2 Å². The van der Waals surface area contributed by atoms with E-state index in [1.54, 1.807) is 57.2 Å². The Kier molecular flexibility index (Phi) is 9.35. The monoisotopic (exact) mass is 656 g/mol. The maximum absolute atomic E-state index is 12.1. The van der Waals surface area contributed by atoms with Gasteiger partial charge in [0.1, 0.15) is 0 Å². The molecular formula is C27H27BiO6. The molecule has 0 heterocycles. The molecule has 0 saturated carbocycles. The van der Waals surface area contributed by atoms with Crippen LogP contribution in [0.1, 0.15) is 51.8 Å². The van der Waals surface area contributed by atoms with Crippen LogP contribution in [-0.4, -0.2) is 59.5 Å². The molecular weight excluding hydrogens is 629 g/mol. The summed E-state index contributed by atoms with van der Waals surface area (Å²) in [4.78, 5) is 36.2.